The zero-order valence-corrected chi connectivity index (χ0v) is 30.7. The highest BCUT2D eigenvalue weighted by molar-refractivity contribution is 14.1. The maximum atomic E-state index is 13.2. The van der Waals surface area contributed by atoms with Crippen LogP contribution in [0.15, 0.2) is 67.1 Å². The van der Waals surface area contributed by atoms with Gasteiger partial charge in [-0.3, -0.25) is 14.8 Å². The Morgan fingerprint density at radius 3 is 2.32 bits per heavy atom. The van der Waals surface area contributed by atoms with Crippen molar-refractivity contribution in [1.82, 2.24) is 20.6 Å². The number of hydrogen-bond acceptors (Lipinski definition) is 6. The SMILES string of the molecule is CCCCNC(=O)c1cc(-c2cncc(CC(C)(C)c3cc(-c4ccccn4)cc(CNCCCI)c3O)c2)cc(C(C)(C)C)c1O. The van der Waals surface area contributed by atoms with Crippen LogP contribution in [0.2, 0.25) is 0 Å². The van der Waals surface area contributed by atoms with Crippen molar-refractivity contribution >= 4 is 28.5 Å². The number of phenols is 2. The van der Waals surface area contributed by atoms with Crippen molar-refractivity contribution in [2.24, 2.45) is 0 Å². The number of nitrogens with one attached hydrogen (secondary N) is 2. The van der Waals surface area contributed by atoms with Gasteiger partial charge in [-0.2, -0.15) is 0 Å². The third-order valence-electron chi connectivity index (χ3n) is 8.43. The highest BCUT2D eigenvalue weighted by Crippen LogP contribution is 2.41. The van der Waals surface area contributed by atoms with Gasteiger partial charge in [-0.25, -0.2) is 0 Å². The summed E-state index contributed by atoms with van der Waals surface area (Å²) < 4.78 is 1.07. The van der Waals surface area contributed by atoms with E-state index >= 15 is 0 Å². The molecule has 250 valence electrons. The molecule has 0 radical (unpaired) electrons. The van der Waals surface area contributed by atoms with E-state index in [1.54, 1.807) is 18.5 Å². The van der Waals surface area contributed by atoms with Crippen molar-refractivity contribution in [3.8, 4) is 33.9 Å². The van der Waals surface area contributed by atoms with E-state index in [-0.39, 0.29) is 22.6 Å². The van der Waals surface area contributed by atoms with Crippen molar-refractivity contribution < 1.29 is 15.0 Å². The normalized spacial score (nSPS) is 11.9. The molecule has 0 fully saturated rings. The molecule has 0 bridgehead atoms. The fourth-order valence-corrected chi connectivity index (χ4v) is 6.19. The second kappa shape index (κ2) is 16.1. The van der Waals surface area contributed by atoms with Gasteiger partial charge >= 0.3 is 0 Å². The van der Waals surface area contributed by atoms with Crippen LogP contribution >= 0.6 is 22.6 Å². The number of unbranched alkanes of at least 4 members (excludes halogenated alkanes) is 1. The molecule has 2 aromatic carbocycles. The van der Waals surface area contributed by atoms with Crippen LogP contribution in [0, 0.1) is 0 Å². The average molecular weight is 749 g/mol. The number of nitrogens with zero attached hydrogens (tertiary/aromatic N) is 2. The van der Waals surface area contributed by atoms with Gasteiger partial charge < -0.3 is 20.8 Å². The summed E-state index contributed by atoms with van der Waals surface area (Å²) in [4.78, 5) is 22.4. The fourth-order valence-electron chi connectivity index (χ4n) is 5.81. The van der Waals surface area contributed by atoms with Gasteiger partial charge in [0.15, 0.2) is 0 Å². The van der Waals surface area contributed by atoms with Crippen LogP contribution in [0.1, 0.15) is 93.4 Å². The summed E-state index contributed by atoms with van der Waals surface area (Å²) >= 11 is 2.38. The highest BCUT2D eigenvalue weighted by Gasteiger charge is 2.28. The van der Waals surface area contributed by atoms with Gasteiger partial charge in [0.25, 0.3) is 5.91 Å². The van der Waals surface area contributed by atoms with Crippen LogP contribution in [0.4, 0.5) is 0 Å². The lowest BCUT2D eigenvalue weighted by Crippen LogP contribution is -2.25. The fraction of sp³-hybridized carbons (Fsp3) is 0.410. The Hall–Kier alpha value is -3.50. The number of hydrogen-bond donors (Lipinski definition) is 4. The number of pyridine rings is 2. The van der Waals surface area contributed by atoms with Gasteiger partial charge in [0.05, 0.1) is 11.3 Å². The van der Waals surface area contributed by atoms with Crippen molar-refractivity contribution in [3.63, 3.8) is 0 Å². The minimum absolute atomic E-state index is 0.0170. The lowest BCUT2D eigenvalue weighted by molar-refractivity contribution is 0.0950. The molecule has 0 unspecified atom stereocenters. The predicted molar refractivity (Wildman–Crippen MR) is 201 cm³/mol. The molecule has 7 nitrogen and oxygen atoms in total. The standard InChI is InChI=1S/C39H49IN4O3/c1-7-8-15-44-37(47)31-19-27(20-32(36(31)46)38(2,3)4)29-17-26(23-42-24-29)22-39(5,6)33-21-28(34-12-9-10-16-43-34)18-30(35(33)45)25-41-14-11-13-40/h9-10,12,16-21,23-24,41,45-46H,7-8,11,13-15,22,25H2,1-6H3,(H,44,47). The Balaban J connectivity index is 1.72. The molecule has 0 saturated carbocycles. The summed E-state index contributed by atoms with van der Waals surface area (Å²) in [6.07, 6.45) is 8.97. The molecule has 0 atom stereocenters. The number of phenolic OH excluding ortho intramolecular Hbond substituents is 2. The summed E-state index contributed by atoms with van der Waals surface area (Å²) in [6.45, 7) is 14.4. The number of carbonyl (C=O) groups is 1. The number of aromatic nitrogens is 2. The zero-order valence-electron chi connectivity index (χ0n) is 28.6. The summed E-state index contributed by atoms with van der Waals surface area (Å²) in [5, 5.41) is 29.2. The van der Waals surface area contributed by atoms with E-state index in [2.05, 4.69) is 76.1 Å². The minimum Gasteiger partial charge on any atom is -0.507 e. The lowest BCUT2D eigenvalue weighted by Gasteiger charge is -2.28. The third-order valence-corrected chi connectivity index (χ3v) is 9.20. The van der Waals surface area contributed by atoms with E-state index in [0.29, 0.717) is 30.8 Å². The van der Waals surface area contributed by atoms with Crippen molar-refractivity contribution in [3.05, 3.63) is 94.9 Å². The van der Waals surface area contributed by atoms with Gasteiger partial charge in [0, 0.05) is 63.9 Å². The average Bonchev–Trinajstić information content (AvgIpc) is 3.03. The molecule has 1 amide bonds. The molecule has 0 spiro atoms. The molecule has 47 heavy (non-hydrogen) atoms. The maximum Gasteiger partial charge on any atom is 0.255 e. The summed E-state index contributed by atoms with van der Waals surface area (Å²) in [7, 11) is 0. The van der Waals surface area contributed by atoms with E-state index in [0.717, 1.165) is 69.3 Å². The van der Waals surface area contributed by atoms with Crippen molar-refractivity contribution in [1.29, 1.82) is 0 Å². The minimum atomic E-state index is -0.456. The van der Waals surface area contributed by atoms with Gasteiger partial charge in [-0.15, -0.1) is 0 Å². The van der Waals surface area contributed by atoms with Crippen LogP contribution in [0.5, 0.6) is 11.5 Å². The number of amides is 1. The molecule has 0 aliphatic heterocycles. The lowest BCUT2D eigenvalue weighted by atomic mass is 9.77. The topological polar surface area (TPSA) is 107 Å². The Kier molecular flexibility index (Phi) is 12.4. The third kappa shape index (κ3) is 9.32. The summed E-state index contributed by atoms with van der Waals surface area (Å²) in [5.41, 5.74) is 6.33. The first-order valence-corrected chi connectivity index (χ1v) is 18.0. The molecule has 4 rings (SSSR count). The Morgan fingerprint density at radius 2 is 1.64 bits per heavy atom. The number of alkyl halides is 1. The van der Waals surface area contributed by atoms with E-state index < -0.39 is 5.41 Å². The van der Waals surface area contributed by atoms with E-state index in [1.807, 2.05) is 57.3 Å². The summed E-state index contributed by atoms with van der Waals surface area (Å²) in [6, 6.07) is 15.8. The molecule has 2 heterocycles. The first kappa shape index (κ1) is 36.3. The van der Waals surface area contributed by atoms with E-state index in [1.165, 1.54) is 0 Å². The molecule has 2 aromatic heterocycles. The largest absolute Gasteiger partial charge is 0.507 e. The number of halogens is 1. The highest BCUT2D eigenvalue weighted by atomic mass is 127. The van der Waals surface area contributed by atoms with Crippen LogP contribution < -0.4 is 10.6 Å². The Morgan fingerprint density at radius 1 is 0.872 bits per heavy atom. The predicted octanol–water partition coefficient (Wildman–Crippen LogP) is 8.48. The van der Waals surface area contributed by atoms with Crippen LogP contribution in [-0.4, -0.2) is 43.6 Å². The molecular formula is C39H49IN4O3. The first-order valence-electron chi connectivity index (χ1n) is 16.5. The molecule has 4 aromatic rings. The van der Waals surface area contributed by atoms with Gasteiger partial charge in [-0.05, 0) is 90.2 Å². The summed E-state index contributed by atoms with van der Waals surface area (Å²) in [5.74, 6) is 0.0348. The van der Waals surface area contributed by atoms with Crippen LogP contribution in [-0.2, 0) is 23.8 Å². The second-order valence-electron chi connectivity index (χ2n) is 13.9. The molecule has 0 aliphatic carbocycles. The van der Waals surface area contributed by atoms with E-state index in [9.17, 15) is 15.0 Å². The second-order valence-corrected chi connectivity index (χ2v) is 15.0. The molecular weight excluding hydrogens is 699 g/mol. The first-order chi connectivity index (χ1) is 22.4. The monoisotopic (exact) mass is 748 g/mol. The van der Waals surface area contributed by atoms with Crippen molar-refractivity contribution in [2.75, 3.05) is 17.5 Å². The number of rotatable bonds is 14. The molecule has 0 aliphatic rings. The Labute approximate surface area is 293 Å². The van der Waals surface area contributed by atoms with Gasteiger partial charge in [-0.1, -0.05) is 76.6 Å². The maximum absolute atomic E-state index is 13.2. The van der Waals surface area contributed by atoms with Crippen LogP contribution in [0.3, 0.4) is 0 Å². The molecule has 8 heteroatoms. The molecule has 0 saturated heterocycles. The van der Waals surface area contributed by atoms with Gasteiger partial charge in [0.1, 0.15) is 11.5 Å². The number of aromatic hydroxyl groups is 2. The smallest absolute Gasteiger partial charge is 0.255 e. The van der Waals surface area contributed by atoms with Crippen molar-refractivity contribution in [2.45, 2.75) is 84.6 Å². The number of carbonyl (C=O) groups excluding carboxylic acids is 1. The van der Waals surface area contributed by atoms with Crippen LogP contribution in [0.25, 0.3) is 22.4 Å². The molecule has 4 N–H and O–H groups in total. The number of benzene rings is 2. The Bertz CT molecular complexity index is 1670. The quantitative estimate of drug-likeness (QED) is 0.0586. The zero-order chi connectivity index (χ0) is 34.2. The van der Waals surface area contributed by atoms with E-state index in [4.69, 9.17) is 0 Å². The van der Waals surface area contributed by atoms with Gasteiger partial charge in [0.2, 0.25) is 0 Å².